The van der Waals surface area contributed by atoms with Gasteiger partial charge < -0.3 is 0 Å². The minimum Gasteiger partial charge on any atom is -0.291 e. The number of fused-ring (bicyclic) bond motifs is 4. The molecule has 0 amide bonds. The molecule has 1 fully saturated rings. The van der Waals surface area contributed by atoms with Crippen LogP contribution in [0.1, 0.15) is 34.5 Å². The van der Waals surface area contributed by atoms with E-state index in [9.17, 15) is 8.42 Å². The predicted octanol–water partition coefficient (Wildman–Crippen LogP) is 1.06. The molecule has 2 unspecified atom stereocenters. The maximum atomic E-state index is 11.1. The first-order chi connectivity index (χ1) is 8.94. The molecule has 0 aromatic carbocycles. The molecule has 2 bridgehead atoms. The number of aryl methyl sites for hydroxylation is 1. The second kappa shape index (κ2) is 4.80. The minimum absolute atomic E-state index is 0.460. The number of hydrogen-bond donors (Lipinski definition) is 1. The highest BCUT2D eigenvalue weighted by molar-refractivity contribution is 7.88. The van der Waals surface area contributed by atoms with Gasteiger partial charge in [-0.3, -0.25) is 4.90 Å². The molecular formula is C12H19N3O2S2. The Morgan fingerprint density at radius 3 is 3.00 bits per heavy atom. The average molecular weight is 301 g/mol. The molecule has 2 atom stereocenters. The fourth-order valence-electron chi connectivity index (χ4n) is 3.25. The third-order valence-corrected chi connectivity index (χ3v) is 5.79. The molecule has 0 spiro atoms. The van der Waals surface area contributed by atoms with E-state index in [1.165, 1.54) is 29.7 Å². The summed E-state index contributed by atoms with van der Waals surface area (Å²) in [5.74, 6) is 0. The van der Waals surface area contributed by atoms with Crippen molar-refractivity contribution in [2.24, 2.45) is 0 Å². The highest BCUT2D eigenvalue weighted by atomic mass is 32.2. The van der Waals surface area contributed by atoms with Crippen molar-refractivity contribution in [2.45, 2.75) is 38.3 Å². The third kappa shape index (κ3) is 2.69. The Morgan fingerprint density at radius 1 is 1.47 bits per heavy atom. The second-order valence-corrected chi connectivity index (χ2v) is 8.47. The van der Waals surface area contributed by atoms with Crippen LogP contribution in [-0.4, -0.2) is 43.7 Å². The number of sulfonamides is 1. The lowest BCUT2D eigenvalue weighted by Crippen LogP contribution is -2.41. The molecule has 1 N–H and O–H groups in total. The summed E-state index contributed by atoms with van der Waals surface area (Å²) in [4.78, 5) is 8.49. The van der Waals surface area contributed by atoms with Gasteiger partial charge in [-0.2, -0.15) is 0 Å². The molecule has 1 aromatic rings. The summed E-state index contributed by atoms with van der Waals surface area (Å²) < 4.78 is 24.8. The standard InChI is InChI=1S/C12H19N3O2S2/c1-8-14-10-7-9-3-4-11(12(10)18-8)15(9)6-5-13-19(2,16)17/h9,11,13H,3-7H2,1-2H3. The van der Waals surface area contributed by atoms with Gasteiger partial charge >= 0.3 is 0 Å². The molecule has 0 saturated carbocycles. The molecule has 3 heterocycles. The number of hydrogen-bond acceptors (Lipinski definition) is 5. The van der Waals surface area contributed by atoms with Gasteiger partial charge in [0.15, 0.2) is 0 Å². The zero-order valence-electron chi connectivity index (χ0n) is 11.2. The Kier molecular flexibility index (Phi) is 3.41. The summed E-state index contributed by atoms with van der Waals surface area (Å²) in [7, 11) is -3.08. The quantitative estimate of drug-likeness (QED) is 0.903. The molecule has 3 rings (SSSR count). The van der Waals surface area contributed by atoms with Crippen LogP contribution >= 0.6 is 11.3 Å². The van der Waals surface area contributed by atoms with Gasteiger partial charge in [-0.1, -0.05) is 0 Å². The molecule has 1 aromatic heterocycles. The van der Waals surface area contributed by atoms with Crippen LogP contribution in [0.5, 0.6) is 0 Å². The largest absolute Gasteiger partial charge is 0.291 e. The fraction of sp³-hybridized carbons (Fsp3) is 0.750. The van der Waals surface area contributed by atoms with Gasteiger partial charge in [0, 0.05) is 36.5 Å². The zero-order chi connectivity index (χ0) is 13.6. The predicted molar refractivity (Wildman–Crippen MR) is 75.9 cm³/mol. The van der Waals surface area contributed by atoms with Crippen LogP contribution in [0.4, 0.5) is 0 Å². The Balaban J connectivity index is 1.71. The van der Waals surface area contributed by atoms with E-state index < -0.39 is 10.0 Å². The molecular weight excluding hydrogens is 282 g/mol. The summed E-state index contributed by atoms with van der Waals surface area (Å²) in [5.41, 5.74) is 1.28. The van der Waals surface area contributed by atoms with Crippen LogP contribution < -0.4 is 4.72 Å². The van der Waals surface area contributed by atoms with Crippen molar-refractivity contribution in [2.75, 3.05) is 19.3 Å². The average Bonchev–Trinajstić information content (AvgIpc) is 2.79. The lowest BCUT2D eigenvalue weighted by atomic mass is 10.1. The monoisotopic (exact) mass is 301 g/mol. The number of aromatic nitrogens is 1. The van der Waals surface area contributed by atoms with Gasteiger partial charge in [-0.05, 0) is 19.8 Å². The van der Waals surface area contributed by atoms with Crippen molar-refractivity contribution >= 4 is 21.4 Å². The normalized spacial score (nSPS) is 26.6. The Hall–Kier alpha value is -0.500. The second-order valence-electron chi connectivity index (χ2n) is 5.40. The molecule has 106 valence electrons. The van der Waals surface area contributed by atoms with Crippen LogP contribution in [0.25, 0.3) is 0 Å². The van der Waals surface area contributed by atoms with Gasteiger partial charge in [0.05, 0.1) is 17.0 Å². The first-order valence-electron chi connectivity index (χ1n) is 6.60. The Labute approximate surface area is 118 Å². The van der Waals surface area contributed by atoms with Crippen LogP contribution in [0.2, 0.25) is 0 Å². The van der Waals surface area contributed by atoms with Crippen LogP contribution in [-0.2, 0) is 16.4 Å². The van der Waals surface area contributed by atoms with Crippen LogP contribution in [0.15, 0.2) is 0 Å². The summed E-state index contributed by atoms with van der Waals surface area (Å²) in [6.45, 7) is 3.35. The van der Waals surface area contributed by atoms with Gasteiger partial charge in [-0.15, -0.1) is 11.3 Å². The van der Waals surface area contributed by atoms with Crippen molar-refractivity contribution in [1.82, 2.24) is 14.6 Å². The van der Waals surface area contributed by atoms with Crippen LogP contribution in [0.3, 0.4) is 0 Å². The number of rotatable bonds is 4. The van der Waals surface area contributed by atoms with Crippen molar-refractivity contribution in [3.05, 3.63) is 15.6 Å². The van der Waals surface area contributed by atoms with E-state index in [0.717, 1.165) is 18.0 Å². The van der Waals surface area contributed by atoms with E-state index >= 15 is 0 Å². The van der Waals surface area contributed by atoms with Crippen molar-refractivity contribution in [3.8, 4) is 0 Å². The Morgan fingerprint density at radius 2 is 2.26 bits per heavy atom. The van der Waals surface area contributed by atoms with E-state index in [2.05, 4.69) is 21.5 Å². The number of thiazole rings is 1. The molecule has 7 heteroatoms. The van der Waals surface area contributed by atoms with Gasteiger partial charge in [0.2, 0.25) is 10.0 Å². The molecule has 19 heavy (non-hydrogen) atoms. The molecule has 1 saturated heterocycles. The van der Waals surface area contributed by atoms with Crippen molar-refractivity contribution in [1.29, 1.82) is 0 Å². The molecule has 0 radical (unpaired) electrons. The topological polar surface area (TPSA) is 62.3 Å². The lowest BCUT2D eigenvalue weighted by Gasteiger charge is -2.33. The van der Waals surface area contributed by atoms with Crippen LogP contribution in [0, 0.1) is 6.92 Å². The molecule has 0 aliphatic carbocycles. The smallest absolute Gasteiger partial charge is 0.208 e. The summed E-state index contributed by atoms with van der Waals surface area (Å²) in [5, 5.41) is 1.15. The fourth-order valence-corrected chi connectivity index (χ4v) is 4.82. The van der Waals surface area contributed by atoms with Crippen molar-refractivity contribution in [3.63, 3.8) is 0 Å². The summed E-state index contributed by atoms with van der Waals surface area (Å²) >= 11 is 1.80. The molecule has 2 aliphatic rings. The minimum atomic E-state index is -3.08. The lowest BCUT2D eigenvalue weighted by molar-refractivity contribution is 0.183. The van der Waals surface area contributed by atoms with Gasteiger partial charge in [0.1, 0.15) is 0 Å². The summed E-state index contributed by atoms with van der Waals surface area (Å²) in [6, 6.07) is 1.00. The highest BCUT2D eigenvalue weighted by Crippen LogP contribution is 2.45. The summed E-state index contributed by atoms with van der Waals surface area (Å²) in [6.07, 6.45) is 4.61. The van der Waals surface area contributed by atoms with E-state index in [0.29, 0.717) is 18.6 Å². The van der Waals surface area contributed by atoms with Gasteiger partial charge in [0.25, 0.3) is 0 Å². The van der Waals surface area contributed by atoms with Crippen molar-refractivity contribution < 1.29 is 8.42 Å². The maximum absolute atomic E-state index is 11.1. The first-order valence-corrected chi connectivity index (χ1v) is 9.31. The molecule has 2 aliphatic heterocycles. The van der Waals surface area contributed by atoms with Gasteiger partial charge in [-0.25, -0.2) is 18.1 Å². The number of nitrogens with zero attached hydrogens (tertiary/aromatic N) is 2. The number of nitrogens with one attached hydrogen (secondary N) is 1. The van der Waals surface area contributed by atoms with E-state index in [4.69, 9.17) is 0 Å². The zero-order valence-corrected chi connectivity index (χ0v) is 12.9. The van der Waals surface area contributed by atoms with E-state index in [1.807, 2.05) is 0 Å². The SMILES string of the molecule is Cc1nc2c(s1)C1CCC(C2)N1CCNS(C)(=O)=O. The highest BCUT2D eigenvalue weighted by Gasteiger charge is 2.41. The molecule has 5 nitrogen and oxygen atoms in total. The first kappa shape index (κ1) is 13.5. The maximum Gasteiger partial charge on any atom is 0.208 e. The third-order valence-electron chi connectivity index (χ3n) is 3.94. The van der Waals surface area contributed by atoms with E-state index in [-0.39, 0.29) is 0 Å². The van der Waals surface area contributed by atoms with E-state index in [1.54, 1.807) is 11.3 Å². The Bertz CT molecular complexity index is 582.